The normalized spacial score (nSPS) is 18.8. The number of piperazine rings is 1. The first-order chi connectivity index (χ1) is 18.2. The van der Waals surface area contributed by atoms with Crippen LogP contribution in [0, 0.1) is 18.6 Å². The van der Waals surface area contributed by atoms with Crippen LogP contribution in [0.4, 0.5) is 20.2 Å². The third-order valence-electron chi connectivity index (χ3n) is 7.64. The van der Waals surface area contributed by atoms with Crippen molar-refractivity contribution < 1.29 is 18.4 Å². The summed E-state index contributed by atoms with van der Waals surface area (Å²) >= 11 is 0. The summed E-state index contributed by atoms with van der Waals surface area (Å²) in [5.41, 5.74) is 2.69. The van der Waals surface area contributed by atoms with Crippen LogP contribution in [0.1, 0.15) is 22.5 Å². The third-order valence-corrected chi connectivity index (χ3v) is 7.64. The quantitative estimate of drug-likeness (QED) is 0.518. The second-order valence-corrected chi connectivity index (χ2v) is 10.5. The number of anilines is 2. The van der Waals surface area contributed by atoms with Crippen molar-refractivity contribution in [1.29, 1.82) is 0 Å². The predicted octanol–water partition coefficient (Wildman–Crippen LogP) is 3.29. The van der Waals surface area contributed by atoms with Gasteiger partial charge in [0.1, 0.15) is 17.3 Å². The van der Waals surface area contributed by atoms with Gasteiger partial charge in [0.05, 0.1) is 12.1 Å². The van der Waals surface area contributed by atoms with Crippen molar-refractivity contribution in [2.24, 2.45) is 0 Å². The summed E-state index contributed by atoms with van der Waals surface area (Å²) < 4.78 is 28.8. The summed E-state index contributed by atoms with van der Waals surface area (Å²) in [6.07, 6.45) is 0.967. The molecule has 1 atom stereocenters. The van der Waals surface area contributed by atoms with Crippen LogP contribution in [0.25, 0.3) is 10.9 Å². The van der Waals surface area contributed by atoms with Gasteiger partial charge in [0.2, 0.25) is 5.91 Å². The fraction of sp³-hybridized carbons (Fsp3) is 0.429. The van der Waals surface area contributed by atoms with Crippen LogP contribution in [0.15, 0.2) is 36.4 Å². The molecule has 8 nitrogen and oxygen atoms in total. The highest BCUT2D eigenvalue weighted by Gasteiger charge is 2.31. The number of aryl methyl sites for hydroxylation is 1. The molecule has 0 spiro atoms. The number of amides is 2. The number of rotatable bonds is 6. The van der Waals surface area contributed by atoms with Crippen LogP contribution in [-0.4, -0.2) is 97.4 Å². The smallest absolute Gasteiger partial charge is 0.272 e. The van der Waals surface area contributed by atoms with E-state index in [0.717, 1.165) is 56.9 Å². The molecule has 38 heavy (non-hydrogen) atoms. The lowest BCUT2D eigenvalue weighted by atomic mass is 10.1. The molecule has 2 aromatic carbocycles. The van der Waals surface area contributed by atoms with Crippen LogP contribution >= 0.6 is 0 Å². The van der Waals surface area contributed by atoms with E-state index in [1.807, 2.05) is 6.92 Å². The molecule has 1 aromatic heterocycles. The lowest BCUT2D eigenvalue weighted by molar-refractivity contribution is -0.130. The number of halogens is 2. The summed E-state index contributed by atoms with van der Waals surface area (Å²) in [5.74, 6) is -1.17. The fourth-order valence-electron chi connectivity index (χ4n) is 5.37. The van der Waals surface area contributed by atoms with Crippen LogP contribution in [0.2, 0.25) is 0 Å². The Morgan fingerprint density at radius 2 is 1.82 bits per heavy atom. The van der Waals surface area contributed by atoms with E-state index in [1.54, 1.807) is 31.1 Å². The largest absolute Gasteiger partial charge is 0.370 e. The number of hydrogen-bond acceptors (Lipinski definition) is 5. The minimum absolute atomic E-state index is 0.117. The maximum absolute atomic E-state index is 14.6. The number of nitrogens with one attached hydrogen (secondary N) is 2. The van der Waals surface area contributed by atoms with Gasteiger partial charge in [-0.2, -0.15) is 0 Å². The second-order valence-electron chi connectivity index (χ2n) is 10.5. The Balaban J connectivity index is 1.21. The number of carbonyl (C=O) groups is 2. The molecule has 2 saturated heterocycles. The first kappa shape index (κ1) is 26.1. The van der Waals surface area contributed by atoms with Gasteiger partial charge in [-0.05, 0) is 49.2 Å². The van der Waals surface area contributed by atoms with E-state index in [9.17, 15) is 18.4 Å². The number of likely N-dealkylation sites (N-methyl/N-ethyl adjacent to an activating group) is 1. The molecule has 2 fully saturated rings. The Hall–Kier alpha value is -3.50. The molecule has 2 aliphatic heterocycles. The summed E-state index contributed by atoms with van der Waals surface area (Å²) in [5, 5.41) is 3.11. The molecule has 5 rings (SSSR count). The van der Waals surface area contributed by atoms with Gasteiger partial charge in [-0.15, -0.1) is 0 Å². The number of aromatic amines is 1. The molecule has 202 valence electrons. The van der Waals surface area contributed by atoms with Crippen molar-refractivity contribution in [3.63, 3.8) is 0 Å². The van der Waals surface area contributed by atoms with Crippen LogP contribution in [0.3, 0.4) is 0 Å². The summed E-state index contributed by atoms with van der Waals surface area (Å²) in [7, 11) is 3.55. The third kappa shape index (κ3) is 5.51. The zero-order valence-corrected chi connectivity index (χ0v) is 22.1. The zero-order chi connectivity index (χ0) is 27.0. The van der Waals surface area contributed by atoms with Crippen molar-refractivity contribution in [2.45, 2.75) is 19.4 Å². The van der Waals surface area contributed by atoms with Gasteiger partial charge in [0.15, 0.2) is 0 Å². The van der Waals surface area contributed by atoms with E-state index in [0.29, 0.717) is 29.2 Å². The Morgan fingerprint density at radius 1 is 1.05 bits per heavy atom. The van der Waals surface area contributed by atoms with E-state index in [1.165, 1.54) is 24.3 Å². The highest BCUT2D eigenvalue weighted by Crippen LogP contribution is 2.28. The molecular formula is C28H34F2N6O2. The van der Waals surface area contributed by atoms with Gasteiger partial charge in [-0.3, -0.25) is 19.4 Å². The Labute approximate surface area is 221 Å². The SMILES string of the molecule is Cc1ccc(F)c2cc(C(=O)Nc3cc(F)cc(N4CCC(N5CCN(CC(=O)N(C)C)CC5)C4)c3)[nH]c12. The Kier molecular flexibility index (Phi) is 7.36. The summed E-state index contributed by atoms with van der Waals surface area (Å²) in [6, 6.07) is 9.43. The number of carbonyl (C=O) groups excluding carboxylic acids is 2. The molecular weight excluding hydrogens is 490 g/mol. The van der Waals surface area contributed by atoms with Crippen molar-refractivity contribution in [1.82, 2.24) is 19.7 Å². The lowest BCUT2D eigenvalue weighted by Gasteiger charge is -2.38. The topological polar surface area (TPSA) is 74.9 Å². The highest BCUT2D eigenvalue weighted by atomic mass is 19.1. The molecule has 3 heterocycles. The molecule has 1 unspecified atom stereocenters. The standard InChI is InChI=1S/C28H34F2N6O2/c1-18-4-5-24(30)23-15-25(32-27(18)23)28(38)31-20-12-19(29)13-22(14-20)36-7-6-21(16-36)35-10-8-34(9-11-35)17-26(37)33(2)3/h4-5,12-15,21,32H,6-11,16-17H2,1-3H3,(H,31,38). The van der Waals surface area contributed by atoms with E-state index in [2.05, 4.69) is 25.0 Å². The number of H-pyrrole nitrogens is 1. The molecule has 0 aliphatic carbocycles. The van der Waals surface area contributed by atoms with E-state index in [4.69, 9.17) is 0 Å². The number of fused-ring (bicyclic) bond motifs is 1. The van der Waals surface area contributed by atoms with Gasteiger partial charge < -0.3 is 20.1 Å². The molecule has 2 aliphatic rings. The van der Waals surface area contributed by atoms with E-state index in [-0.39, 0.29) is 11.6 Å². The van der Waals surface area contributed by atoms with Gasteiger partial charge in [-0.25, -0.2) is 8.78 Å². The number of hydrogen-bond donors (Lipinski definition) is 2. The molecule has 0 bridgehead atoms. The van der Waals surface area contributed by atoms with Crippen molar-refractivity contribution in [3.8, 4) is 0 Å². The fourth-order valence-corrected chi connectivity index (χ4v) is 5.37. The molecule has 0 saturated carbocycles. The Morgan fingerprint density at radius 3 is 2.53 bits per heavy atom. The van der Waals surface area contributed by atoms with Crippen LogP contribution in [0.5, 0.6) is 0 Å². The first-order valence-electron chi connectivity index (χ1n) is 13.0. The minimum Gasteiger partial charge on any atom is -0.370 e. The highest BCUT2D eigenvalue weighted by molar-refractivity contribution is 6.06. The number of aromatic nitrogens is 1. The summed E-state index contributed by atoms with van der Waals surface area (Å²) in [6.45, 7) is 7.35. The van der Waals surface area contributed by atoms with Crippen molar-refractivity contribution in [2.75, 3.05) is 70.1 Å². The van der Waals surface area contributed by atoms with Gasteiger partial charge in [0.25, 0.3) is 5.91 Å². The number of nitrogens with zero attached hydrogens (tertiary/aromatic N) is 4. The van der Waals surface area contributed by atoms with E-state index >= 15 is 0 Å². The molecule has 2 amide bonds. The molecule has 3 aromatic rings. The second kappa shape index (κ2) is 10.7. The zero-order valence-electron chi connectivity index (χ0n) is 22.1. The predicted molar refractivity (Wildman–Crippen MR) is 145 cm³/mol. The summed E-state index contributed by atoms with van der Waals surface area (Å²) in [4.78, 5) is 36.3. The molecule has 10 heteroatoms. The minimum atomic E-state index is -0.457. The van der Waals surface area contributed by atoms with Crippen LogP contribution < -0.4 is 10.2 Å². The van der Waals surface area contributed by atoms with Crippen molar-refractivity contribution in [3.05, 3.63) is 59.3 Å². The van der Waals surface area contributed by atoms with Gasteiger partial charge in [0, 0.05) is 76.2 Å². The molecule has 2 N–H and O–H groups in total. The maximum atomic E-state index is 14.6. The van der Waals surface area contributed by atoms with Gasteiger partial charge in [-0.1, -0.05) is 6.07 Å². The van der Waals surface area contributed by atoms with E-state index < -0.39 is 17.5 Å². The average molecular weight is 525 g/mol. The number of benzene rings is 2. The lowest BCUT2D eigenvalue weighted by Crippen LogP contribution is -2.52. The van der Waals surface area contributed by atoms with Gasteiger partial charge >= 0.3 is 0 Å². The molecule has 0 radical (unpaired) electrons. The monoisotopic (exact) mass is 524 g/mol. The Bertz CT molecular complexity index is 1310. The van der Waals surface area contributed by atoms with Crippen LogP contribution in [-0.2, 0) is 4.79 Å². The van der Waals surface area contributed by atoms with Crippen molar-refractivity contribution >= 4 is 34.1 Å². The first-order valence-corrected chi connectivity index (χ1v) is 13.0. The average Bonchev–Trinajstić information content (AvgIpc) is 3.55. The maximum Gasteiger partial charge on any atom is 0.272 e.